The van der Waals surface area contributed by atoms with Crippen LogP contribution in [0.25, 0.3) is 0 Å². The average Bonchev–Trinajstić information content (AvgIpc) is 2.31. The minimum atomic E-state index is -1.06. The number of urea groups is 1. The molecule has 0 rings (SSSR count). The Bertz CT molecular complexity index is 284. The Morgan fingerprint density at radius 1 is 1.26 bits per heavy atom. The molecule has 19 heavy (non-hydrogen) atoms. The quantitative estimate of drug-likeness (QED) is 0.556. The largest absolute Gasteiger partial charge is 0.480 e. The van der Waals surface area contributed by atoms with Crippen LogP contribution in [0.5, 0.6) is 0 Å². The Balaban J connectivity index is 4.07. The molecule has 0 heterocycles. The van der Waals surface area contributed by atoms with Gasteiger partial charge in [-0.3, -0.25) is 0 Å². The molecule has 0 aliphatic carbocycles. The monoisotopic (exact) mass is 275 g/mol. The topological polar surface area (TPSA) is 90.9 Å². The first-order valence-electron chi connectivity index (χ1n) is 6.30. The summed E-state index contributed by atoms with van der Waals surface area (Å²) in [5.74, 6) is -1.06. The molecule has 2 amide bonds. The van der Waals surface area contributed by atoms with Crippen LogP contribution in [0.15, 0.2) is 0 Å². The van der Waals surface area contributed by atoms with Crippen molar-refractivity contribution < 1.29 is 19.4 Å². The molecule has 0 aromatic heterocycles. The summed E-state index contributed by atoms with van der Waals surface area (Å²) in [7, 11) is 5.40. The highest BCUT2D eigenvalue weighted by Crippen LogP contribution is 1.95. The van der Waals surface area contributed by atoms with E-state index in [-0.39, 0.29) is 19.1 Å². The molecular formula is C12H25N3O4. The van der Waals surface area contributed by atoms with Crippen molar-refractivity contribution >= 4 is 12.0 Å². The zero-order valence-corrected chi connectivity index (χ0v) is 12.1. The van der Waals surface area contributed by atoms with E-state index in [1.165, 1.54) is 7.11 Å². The van der Waals surface area contributed by atoms with Gasteiger partial charge in [-0.2, -0.15) is 0 Å². The van der Waals surface area contributed by atoms with E-state index in [4.69, 9.17) is 9.84 Å². The number of ether oxygens (including phenoxy) is 1. The highest BCUT2D eigenvalue weighted by Gasteiger charge is 2.20. The van der Waals surface area contributed by atoms with Crippen molar-refractivity contribution in [3.8, 4) is 0 Å². The summed E-state index contributed by atoms with van der Waals surface area (Å²) in [5.41, 5.74) is 0. The van der Waals surface area contributed by atoms with E-state index in [1.54, 1.807) is 0 Å². The lowest BCUT2D eigenvalue weighted by Gasteiger charge is -2.19. The number of carbonyl (C=O) groups is 2. The number of methoxy groups -OCH3 is 1. The van der Waals surface area contributed by atoms with Crippen molar-refractivity contribution in [3.63, 3.8) is 0 Å². The number of carboxylic acids is 1. The van der Waals surface area contributed by atoms with Gasteiger partial charge < -0.3 is 25.4 Å². The third-order valence-corrected chi connectivity index (χ3v) is 2.60. The molecule has 0 fully saturated rings. The van der Waals surface area contributed by atoms with Crippen LogP contribution in [0.4, 0.5) is 4.79 Å². The smallest absolute Gasteiger partial charge is 0.326 e. The van der Waals surface area contributed by atoms with Gasteiger partial charge in [0.2, 0.25) is 0 Å². The number of amides is 2. The minimum absolute atomic E-state index is 0.0146. The van der Waals surface area contributed by atoms with E-state index >= 15 is 0 Å². The molecule has 2 atom stereocenters. The number of carbonyl (C=O) groups excluding carboxylic acids is 1. The summed E-state index contributed by atoms with van der Waals surface area (Å²) < 4.78 is 4.81. The van der Waals surface area contributed by atoms with Gasteiger partial charge in [-0.05, 0) is 34.0 Å². The highest BCUT2D eigenvalue weighted by molar-refractivity contribution is 5.82. The summed E-state index contributed by atoms with van der Waals surface area (Å²) >= 11 is 0. The lowest BCUT2D eigenvalue weighted by molar-refractivity contribution is -0.139. The molecule has 7 nitrogen and oxygen atoms in total. The Morgan fingerprint density at radius 2 is 1.89 bits per heavy atom. The highest BCUT2D eigenvalue weighted by atomic mass is 16.5. The van der Waals surface area contributed by atoms with Crippen LogP contribution >= 0.6 is 0 Å². The second-order valence-corrected chi connectivity index (χ2v) is 4.78. The first-order chi connectivity index (χ1) is 8.86. The number of nitrogens with zero attached hydrogens (tertiary/aromatic N) is 1. The number of rotatable bonds is 9. The van der Waals surface area contributed by atoms with E-state index in [1.807, 2.05) is 25.9 Å². The van der Waals surface area contributed by atoms with Gasteiger partial charge in [-0.1, -0.05) is 0 Å². The predicted molar refractivity (Wildman–Crippen MR) is 72.2 cm³/mol. The predicted octanol–water partition coefficient (Wildman–Crippen LogP) is 0.116. The molecule has 7 heteroatoms. The second kappa shape index (κ2) is 9.57. The zero-order chi connectivity index (χ0) is 14.8. The van der Waals surface area contributed by atoms with Crippen molar-refractivity contribution in [1.82, 2.24) is 15.5 Å². The van der Waals surface area contributed by atoms with E-state index in [9.17, 15) is 9.59 Å². The molecule has 0 radical (unpaired) electrons. The first-order valence-corrected chi connectivity index (χ1v) is 6.30. The van der Waals surface area contributed by atoms with Crippen LogP contribution in [0.2, 0.25) is 0 Å². The van der Waals surface area contributed by atoms with Crippen LogP contribution in [0, 0.1) is 0 Å². The van der Waals surface area contributed by atoms with Gasteiger partial charge in [0.05, 0.1) is 0 Å². The molecule has 0 saturated heterocycles. The summed E-state index contributed by atoms with van der Waals surface area (Å²) in [4.78, 5) is 24.6. The lowest BCUT2D eigenvalue weighted by atomic mass is 10.2. The fraction of sp³-hybridized carbons (Fsp3) is 0.833. The van der Waals surface area contributed by atoms with E-state index in [0.29, 0.717) is 0 Å². The molecule has 0 saturated carbocycles. The van der Waals surface area contributed by atoms with Crippen LogP contribution < -0.4 is 10.6 Å². The van der Waals surface area contributed by atoms with Crippen LogP contribution in [0.1, 0.15) is 19.8 Å². The Kier molecular flexibility index (Phi) is 8.90. The molecule has 0 aromatic carbocycles. The maximum absolute atomic E-state index is 11.6. The van der Waals surface area contributed by atoms with E-state index in [0.717, 1.165) is 13.0 Å². The second-order valence-electron chi connectivity index (χ2n) is 4.78. The van der Waals surface area contributed by atoms with E-state index in [2.05, 4.69) is 10.6 Å². The zero-order valence-electron chi connectivity index (χ0n) is 12.1. The van der Waals surface area contributed by atoms with E-state index < -0.39 is 18.0 Å². The fourth-order valence-electron chi connectivity index (χ4n) is 1.44. The van der Waals surface area contributed by atoms with Gasteiger partial charge in [0.25, 0.3) is 0 Å². The first kappa shape index (κ1) is 17.7. The molecule has 0 aromatic rings. The maximum Gasteiger partial charge on any atom is 0.326 e. The number of nitrogens with one attached hydrogen (secondary N) is 2. The molecule has 2 unspecified atom stereocenters. The Morgan fingerprint density at radius 3 is 2.37 bits per heavy atom. The maximum atomic E-state index is 11.6. The van der Waals surface area contributed by atoms with Crippen molar-refractivity contribution in [2.24, 2.45) is 0 Å². The van der Waals surface area contributed by atoms with Crippen molar-refractivity contribution in [3.05, 3.63) is 0 Å². The third kappa shape index (κ3) is 9.26. The molecule has 3 N–H and O–H groups in total. The number of hydrogen-bond acceptors (Lipinski definition) is 4. The molecule has 0 bridgehead atoms. The Hall–Kier alpha value is -1.34. The van der Waals surface area contributed by atoms with Crippen molar-refractivity contribution in [2.75, 3.05) is 34.4 Å². The van der Waals surface area contributed by atoms with Gasteiger partial charge in [-0.25, -0.2) is 9.59 Å². The van der Waals surface area contributed by atoms with Gasteiger partial charge in [0.15, 0.2) is 0 Å². The normalized spacial score (nSPS) is 13.9. The SMILES string of the molecule is COCCC(NC(=O)NC(C)CCN(C)C)C(=O)O. The summed E-state index contributed by atoms with van der Waals surface area (Å²) in [6.45, 7) is 3.02. The number of carboxylic acid groups (broad SMARTS) is 1. The van der Waals surface area contributed by atoms with Gasteiger partial charge >= 0.3 is 12.0 Å². The van der Waals surface area contributed by atoms with Gasteiger partial charge in [0.1, 0.15) is 6.04 Å². The van der Waals surface area contributed by atoms with Gasteiger partial charge in [-0.15, -0.1) is 0 Å². The lowest BCUT2D eigenvalue weighted by Crippen LogP contribution is -2.49. The number of hydrogen-bond donors (Lipinski definition) is 3. The summed E-state index contributed by atoms with van der Waals surface area (Å²) in [6, 6.07) is -1.41. The van der Waals surface area contributed by atoms with Crippen molar-refractivity contribution in [1.29, 1.82) is 0 Å². The average molecular weight is 275 g/mol. The van der Waals surface area contributed by atoms with Crippen LogP contribution in [0.3, 0.4) is 0 Å². The standard InChI is InChI=1S/C12H25N3O4/c1-9(5-7-15(2)3)13-12(18)14-10(11(16)17)6-8-19-4/h9-10H,5-8H2,1-4H3,(H,16,17)(H2,13,14,18). The molecule has 0 aliphatic heterocycles. The third-order valence-electron chi connectivity index (χ3n) is 2.60. The van der Waals surface area contributed by atoms with Gasteiger partial charge in [0, 0.05) is 26.2 Å². The van der Waals surface area contributed by atoms with Crippen LogP contribution in [-0.4, -0.2) is 68.4 Å². The summed E-state index contributed by atoms with van der Waals surface area (Å²) in [5, 5.41) is 14.1. The molecule has 112 valence electrons. The minimum Gasteiger partial charge on any atom is -0.480 e. The van der Waals surface area contributed by atoms with Crippen LogP contribution in [-0.2, 0) is 9.53 Å². The van der Waals surface area contributed by atoms with Crippen molar-refractivity contribution in [2.45, 2.75) is 31.8 Å². The number of aliphatic carboxylic acids is 1. The Labute approximate surface area is 114 Å². The molecular weight excluding hydrogens is 250 g/mol. The summed E-state index contributed by atoms with van der Waals surface area (Å²) in [6.07, 6.45) is 1.04. The molecule has 0 spiro atoms. The fourth-order valence-corrected chi connectivity index (χ4v) is 1.44. The molecule has 0 aliphatic rings.